The first-order chi connectivity index (χ1) is 12.8. The highest BCUT2D eigenvalue weighted by molar-refractivity contribution is 6.11. The molecule has 0 saturated carbocycles. The monoisotopic (exact) mass is 345 g/mol. The van der Waals surface area contributed by atoms with Crippen molar-refractivity contribution >= 4 is 16.6 Å². The largest absolute Gasteiger partial charge is 0.472 e. The molecule has 1 aliphatic heterocycles. The topological polar surface area (TPSA) is 33.5 Å². The maximum absolute atomic E-state index is 13.4. The van der Waals surface area contributed by atoms with Crippen molar-refractivity contribution in [1.29, 1.82) is 0 Å². The standard InChI is InChI=1S/C23H23NO2/c25-23(19-4-2-11-24(14-19)13-16-10-12-26-15-16)21-9-8-18-7-6-17-3-1-5-20(21)22(17)18/h1,3,5,8-10,12,15,19H,2,4,6-7,11,13-14H2. The van der Waals surface area contributed by atoms with E-state index in [0.29, 0.717) is 5.78 Å². The second kappa shape index (κ2) is 6.40. The van der Waals surface area contributed by atoms with Crippen LogP contribution in [0.15, 0.2) is 53.3 Å². The summed E-state index contributed by atoms with van der Waals surface area (Å²) in [5.41, 5.74) is 4.90. The molecule has 0 bridgehead atoms. The van der Waals surface area contributed by atoms with Crippen LogP contribution in [0.25, 0.3) is 10.8 Å². The number of rotatable bonds is 4. The molecule has 1 aliphatic carbocycles. The van der Waals surface area contributed by atoms with Gasteiger partial charge in [-0.2, -0.15) is 0 Å². The summed E-state index contributed by atoms with van der Waals surface area (Å²) in [5.74, 6) is 0.409. The van der Waals surface area contributed by atoms with Crippen LogP contribution in [0, 0.1) is 5.92 Å². The van der Waals surface area contributed by atoms with Crippen LogP contribution in [-0.4, -0.2) is 23.8 Å². The van der Waals surface area contributed by atoms with Crippen LogP contribution in [0.5, 0.6) is 0 Å². The molecule has 0 radical (unpaired) electrons. The Kier molecular flexibility index (Phi) is 3.90. The Balaban J connectivity index is 1.42. The van der Waals surface area contributed by atoms with E-state index in [9.17, 15) is 4.79 Å². The smallest absolute Gasteiger partial charge is 0.167 e. The molecule has 2 heterocycles. The van der Waals surface area contributed by atoms with Crippen LogP contribution in [0.4, 0.5) is 0 Å². The zero-order valence-corrected chi connectivity index (χ0v) is 14.9. The number of carbonyl (C=O) groups excluding carboxylic acids is 1. The molecule has 3 heteroatoms. The summed E-state index contributed by atoms with van der Waals surface area (Å²) in [7, 11) is 0. The molecule has 5 rings (SSSR count). The van der Waals surface area contributed by atoms with Crippen molar-refractivity contribution in [1.82, 2.24) is 4.90 Å². The first-order valence-corrected chi connectivity index (χ1v) is 9.61. The average molecular weight is 345 g/mol. The van der Waals surface area contributed by atoms with Gasteiger partial charge < -0.3 is 4.42 Å². The van der Waals surface area contributed by atoms with Crippen LogP contribution < -0.4 is 0 Å². The summed E-state index contributed by atoms with van der Waals surface area (Å²) in [6, 6.07) is 12.7. The van der Waals surface area contributed by atoms with Gasteiger partial charge in [-0.1, -0.05) is 30.3 Å². The number of likely N-dealkylation sites (tertiary alicyclic amines) is 1. The van der Waals surface area contributed by atoms with Crippen LogP contribution in [0.3, 0.4) is 0 Å². The van der Waals surface area contributed by atoms with Crippen LogP contribution >= 0.6 is 0 Å². The summed E-state index contributed by atoms with van der Waals surface area (Å²) in [6.45, 7) is 2.76. The van der Waals surface area contributed by atoms with Gasteiger partial charge in [0.05, 0.1) is 12.5 Å². The molecule has 1 fully saturated rings. The number of piperidine rings is 1. The minimum Gasteiger partial charge on any atom is -0.472 e. The van der Waals surface area contributed by atoms with Crippen molar-refractivity contribution in [3.05, 3.63) is 71.2 Å². The Morgan fingerprint density at radius 1 is 1.12 bits per heavy atom. The second-order valence-electron chi connectivity index (χ2n) is 7.68. The van der Waals surface area contributed by atoms with E-state index in [1.54, 1.807) is 12.5 Å². The lowest BCUT2D eigenvalue weighted by atomic mass is 9.87. The molecule has 1 atom stereocenters. The molecule has 0 spiro atoms. The van der Waals surface area contributed by atoms with Gasteiger partial charge in [0, 0.05) is 30.1 Å². The van der Waals surface area contributed by atoms with Gasteiger partial charge in [-0.3, -0.25) is 9.69 Å². The molecular weight excluding hydrogens is 322 g/mol. The van der Waals surface area contributed by atoms with E-state index in [1.807, 2.05) is 6.07 Å². The number of nitrogens with zero attached hydrogens (tertiary/aromatic N) is 1. The third-order valence-corrected chi connectivity index (χ3v) is 6.00. The van der Waals surface area contributed by atoms with Crippen LogP contribution in [0.1, 0.15) is 39.9 Å². The summed E-state index contributed by atoms with van der Waals surface area (Å²) < 4.78 is 5.18. The van der Waals surface area contributed by atoms with Gasteiger partial charge in [0.25, 0.3) is 0 Å². The molecule has 2 aromatic carbocycles. The molecule has 3 nitrogen and oxygen atoms in total. The Hall–Kier alpha value is -2.39. The van der Waals surface area contributed by atoms with Crippen LogP contribution in [0.2, 0.25) is 0 Å². The fourth-order valence-electron chi connectivity index (χ4n) is 4.74. The van der Waals surface area contributed by atoms with E-state index in [1.165, 1.54) is 22.1 Å². The maximum Gasteiger partial charge on any atom is 0.167 e. The molecule has 0 amide bonds. The highest BCUT2D eigenvalue weighted by Crippen LogP contribution is 2.34. The number of hydrogen-bond acceptors (Lipinski definition) is 3. The third kappa shape index (κ3) is 2.67. The van der Waals surface area contributed by atoms with Gasteiger partial charge in [-0.25, -0.2) is 0 Å². The lowest BCUT2D eigenvalue weighted by Gasteiger charge is -2.31. The van der Waals surface area contributed by atoms with Crippen molar-refractivity contribution in [2.45, 2.75) is 32.2 Å². The molecule has 132 valence electrons. The molecular formula is C23H23NO2. The van der Waals surface area contributed by atoms with E-state index in [-0.39, 0.29) is 5.92 Å². The summed E-state index contributed by atoms with van der Waals surface area (Å²) in [6.07, 6.45) is 7.79. The van der Waals surface area contributed by atoms with Gasteiger partial charge in [0.2, 0.25) is 0 Å². The van der Waals surface area contributed by atoms with Crippen LogP contribution in [-0.2, 0) is 19.4 Å². The molecule has 1 unspecified atom stereocenters. The number of carbonyl (C=O) groups is 1. The highest BCUT2D eigenvalue weighted by atomic mass is 16.3. The van der Waals surface area contributed by atoms with Gasteiger partial charge in [0.15, 0.2) is 5.78 Å². The first kappa shape index (κ1) is 15.8. The second-order valence-corrected chi connectivity index (χ2v) is 7.68. The highest BCUT2D eigenvalue weighted by Gasteiger charge is 2.28. The molecule has 1 aromatic heterocycles. The normalized spacial score (nSPS) is 19.9. The van der Waals surface area contributed by atoms with E-state index >= 15 is 0 Å². The molecule has 0 N–H and O–H groups in total. The van der Waals surface area contributed by atoms with E-state index < -0.39 is 0 Å². The quantitative estimate of drug-likeness (QED) is 0.647. The minimum atomic E-state index is 0.0918. The van der Waals surface area contributed by atoms with E-state index in [0.717, 1.165) is 56.3 Å². The van der Waals surface area contributed by atoms with Crippen molar-refractivity contribution in [3.8, 4) is 0 Å². The number of aryl methyl sites for hydroxylation is 2. The lowest BCUT2D eigenvalue weighted by Crippen LogP contribution is -2.38. The van der Waals surface area contributed by atoms with Gasteiger partial charge in [-0.05, 0) is 60.2 Å². The van der Waals surface area contributed by atoms with Crippen molar-refractivity contribution in [2.75, 3.05) is 13.1 Å². The predicted octanol–water partition coefficient (Wildman–Crippen LogP) is 4.63. The Morgan fingerprint density at radius 2 is 2.00 bits per heavy atom. The third-order valence-electron chi connectivity index (χ3n) is 6.00. The zero-order valence-electron chi connectivity index (χ0n) is 14.9. The Morgan fingerprint density at radius 3 is 2.85 bits per heavy atom. The number of furan rings is 1. The number of Topliss-reactive ketones (excluding diaryl/α,β-unsaturated/α-hetero) is 1. The minimum absolute atomic E-state index is 0.0918. The van der Waals surface area contributed by atoms with Gasteiger partial charge in [0.1, 0.15) is 0 Å². The fraction of sp³-hybridized carbons (Fsp3) is 0.348. The summed E-state index contributed by atoms with van der Waals surface area (Å²) in [5, 5.41) is 2.50. The van der Waals surface area contributed by atoms with Crippen molar-refractivity contribution in [2.24, 2.45) is 5.92 Å². The number of hydrogen-bond donors (Lipinski definition) is 0. The number of benzene rings is 2. The van der Waals surface area contributed by atoms with E-state index in [4.69, 9.17) is 4.42 Å². The van der Waals surface area contributed by atoms with Crippen molar-refractivity contribution < 1.29 is 9.21 Å². The van der Waals surface area contributed by atoms with Crippen molar-refractivity contribution in [3.63, 3.8) is 0 Å². The average Bonchev–Trinajstić information content (AvgIpc) is 3.33. The molecule has 1 saturated heterocycles. The van der Waals surface area contributed by atoms with E-state index in [2.05, 4.69) is 35.2 Å². The zero-order chi connectivity index (χ0) is 17.5. The molecule has 2 aliphatic rings. The summed E-state index contributed by atoms with van der Waals surface area (Å²) in [4.78, 5) is 15.7. The Bertz CT molecular complexity index is 948. The maximum atomic E-state index is 13.4. The Labute approximate surface area is 153 Å². The van der Waals surface area contributed by atoms with Gasteiger partial charge in [-0.15, -0.1) is 0 Å². The first-order valence-electron chi connectivity index (χ1n) is 9.61. The molecule has 26 heavy (non-hydrogen) atoms. The number of ketones is 1. The predicted molar refractivity (Wildman–Crippen MR) is 102 cm³/mol. The SMILES string of the molecule is O=C(c1ccc2c3c(cccc13)CC2)C1CCCN(Cc2ccoc2)C1. The van der Waals surface area contributed by atoms with Gasteiger partial charge >= 0.3 is 0 Å². The molecule has 3 aromatic rings. The summed E-state index contributed by atoms with van der Waals surface area (Å²) >= 11 is 0. The lowest BCUT2D eigenvalue weighted by molar-refractivity contribution is 0.0813. The fourth-order valence-corrected chi connectivity index (χ4v) is 4.74.